The number of carbonyl (C=O) groups excluding carboxylic acids is 1. The van der Waals surface area contributed by atoms with Gasteiger partial charge in [-0.2, -0.15) is 0 Å². The number of halogens is 2. The van der Waals surface area contributed by atoms with Crippen molar-refractivity contribution in [2.75, 3.05) is 6.54 Å². The second kappa shape index (κ2) is 5.92. The molecule has 1 N–H and O–H groups in total. The molecule has 0 aromatic carbocycles. The maximum absolute atomic E-state index is 11.8. The minimum absolute atomic E-state index is 0.177. The topological polar surface area (TPSA) is 72.7 Å². The first-order valence-corrected chi connectivity index (χ1v) is 6.27. The molecule has 2 aromatic heterocycles. The van der Waals surface area contributed by atoms with E-state index in [9.17, 15) is 4.79 Å². The highest BCUT2D eigenvalue weighted by Crippen LogP contribution is 2.17. The highest BCUT2D eigenvalue weighted by atomic mass is 79.9. The van der Waals surface area contributed by atoms with Crippen LogP contribution in [-0.4, -0.2) is 32.4 Å². The quantitative estimate of drug-likeness (QED) is 0.863. The van der Waals surface area contributed by atoms with Crippen molar-refractivity contribution < 1.29 is 4.79 Å². The average molecular weight is 331 g/mol. The van der Waals surface area contributed by atoms with Gasteiger partial charge in [0.2, 0.25) is 0 Å². The number of hydrogen-bond donors (Lipinski definition) is 1. The molecule has 0 fully saturated rings. The van der Waals surface area contributed by atoms with Gasteiger partial charge in [0.1, 0.15) is 5.15 Å². The fourth-order valence-electron chi connectivity index (χ4n) is 1.31. The van der Waals surface area contributed by atoms with E-state index in [4.69, 9.17) is 11.6 Å². The van der Waals surface area contributed by atoms with E-state index in [-0.39, 0.29) is 11.1 Å². The lowest BCUT2D eigenvalue weighted by Gasteiger charge is -2.06. The van der Waals surface area contributed by atoms with E-state index in [0.717, 1.165) is 0 Å². The highest BCUT2D eigenvalue weighted by Gasteiger charge is 2.11. The summed E-state index contributed by atoms with van der Waals surface area (Å²) in [4.78, 5) is 15.7. The van der Waals surface area contributed by atoms with Crippen LogP contribution in [0.15, 0.2) is 29.1 Å². The first kappa shape index (κ1) is 13.0. The third-order valence-electron chi connectivity index (χ3n) is 2.15. The Bertz CT molecular complexity index is 545. The highest BCUT2D eigenvalue weighted by molar-refractivity contribution is 9.10. The van der Waals surface area contributed by atoms with Gasteiger partial charge < -0.3 is 5.32 Å². The second-order valence-electron chi connectivity index (χ2n) is 3.41. The second-order valence-corrected chi connectivity index (χ2v) is 4.69. The molecule has 6 nitrogen and oxygen atoms in total. The minimum atomic E-state index is -0.270. The van der Waals surface area contributed by atoms with Crippen LogP contribution in [0, 0.1) is 0 Å². The fourth-order valence-corrected chi connectivity index (χ4v) is 1.83. The molecule has 0 saturated heterocycles. The van der Waals surface area contributed by atoms with Crippen molar-refractivity contribution in [2.24, 2.45) is 0 Å². The van der Waals surface area contributed by atoms with E-state index < -0.39 is 0 Å². The van der Waals surface area contributed by atoms with Crippen LogP contribution < -0.4 is 5.32 Å². The van der Waals surface area contributed by atoms with Gasteiger partial charge in [-0.25, -0.2) is 4.98 Å². The Morgan fingerprint density at radius 3 is 3.11 bits per heavy atom. The van der Waals surface area contributed by atoms with E-state index in [1.54, 1.807) is 23.1 Å². The number of aromatic nitrogens is 4. The van der Waals surface area contributed by atoms with Crippen molar-refractivity contribution in [1.82, 2.24) is 25.3 Å². The lowest BCUT2D eigenvalue weighted by molar-refractivity contribution is 0.0951. The van der Waals surface area contributed by atoms with Crippen LogP contribution in [0.1, 0.15) is 10.4 Å². The molecule has 0 atom stereocenters. The molecule has 18 heavy (non-hydrogen) atoms. The number of hydrogen-bond acceptors (Lipinski definition) is 4. The zero-order valence-electron chi connectivity index (χ0n) is 9.18. The average Bonchev–Trinajstić information content (AvgIpc) is 2.85. The molecule has 0 aliphatic rings. The van der Waals surface area contributed by atoms with E-state index in [0.29, 0.717) is 23.1 Å². The summed E-state index contributed by atoms with van der Waals surface area (Å²) in [7, 11) is 0. The van der Waals surface area contributed by atoms with Gasteiger partial charge >= 0.3 is 0 Å². The number of nitrogens with one attached hydrogen (secondary N) is 1. The molecule has 2 rings (SSSR count). The molecular weight excluding hydrogens is 322 g/mol. The van der Waals surface area contributed by atoms with Crippen LogP contribution in [0.5, 0.6) is 0 Å². The van der Waals surface area contributed by atoms with Crippen LogP contribution in [0.3, 0.4) is 0 Å². The summed E-state index contributed by atoms with van der Waals surface area (Å²) in [6, 6.07) is 1.63. The zero-order chi connectivity index (χ0) is 13.0. The van der Waals surface area contributed by atoms with Gasteiger partial charge in [0, 0.05) is 23.4 Å². The largest absolute Gasteiger partial charge is 0.350 e. The Labute approximate surface area is 116 Å². The van der Waals surface area contributed by atoms with E-state index >= 15 is 0 Å². The van der Waals surface area contributed by atoms with Crippen LogP contribution in [0.4, 0.5) is 0 Å². The molecule has 0 radical (unpaired) electrons. The predicted molar refractivity (Wildman–Crippen MR) is 69.3 cm³/mol. The summed E-state index contributed by atoms with van der Waals surface area (Å²) in [5.74, 6) is -0.270. The standard InChI is InChI=1S/C10H9BrClN5O/c11-7-5-8(9(12)14-6-7)10(18)13-1-3-17-4-2-15-16-17/h2,4-6H,1,3H2,(H,13,18). The van der Waals surface area contributed by atoms with Gasteiger partial charge in [0.15, 0.2) is 0 Å². The van der Waals surface area contributed by atoms with Crippen LogP contribution in [0.25, 0.3) is 0 Å². The number of pyridine rings is 1. The lowest BCUT2D eigenvalue weighted by Crippen LogP contribution is -2.27. The summed E-state index contributed by atoms with van der Waals surface area (Å²) in [6.45, 7) is 0.982. The first-order chi connectivity index (χ1) is 8.66. The Morgan fingerprint density at radius 1 is 1.56 bits per heavy atom. The van der Waals surface area contributed by atoms with Gasteiger partial charge in [0.25, 0.3) is 5.91 Å². The summed E-state index contributed by atoms with van der Waals surface area (Å²) < 4.78 is 2.33. The summed E-state index contributed by atoms with van der Waals surface area (Å²) in [6.07, 6.45) is 4.84. The van der Waals surface area contributed by atoms with Gasteiger partial charge in [0.05, 0.1) is 18.3 Å². The molecule has 2 heterocycles. The molecule has 0 saturated carbocycles. The maximum Gasteiger partial charge on any atom is 0.254 e. The lowest BCUT2D eigenvalue weighted by atomic mass is 10.2. The molecule has 2 aromatic rings. The number of nitrogens with zero attached hydrogens (tertiary/aromatic N) is 4. The number of amides is 1. The molecule has 0 bridgehead atoms. The Kier molecular flexibility index (Phi) is 4.27. The third kappa shape index (κ3) is 3.27. The fraction of sp³-hybridized carbons (Fsp3) is 0.200. The molecule has 0 aliphatic carbocycles. The molecule has 0 spiro atoms. The first-order valence-electron chi connectivity index (χ1n) is 5.10. The van der Waals surface area contributed by atoms with Gasteiger partial charge in [-0.15, -0.1) is 5.10 Å². The Hall–Kier alpha value is -1.47. The Morgan fingerprint density at radius 2 is 2.39 bits per heavy atom. The van der Waals surface area contributed by atoms with Crippen molar-refractivity contribution in [2.45, 2.75) is 6.54 Å². The molecule has 0 aliphatic heterocycles. The molecular formula is C10H9BrClN5O. The van der Waals surface area contributed by atoms with Crippen molar-refractivity contribution in [3.05, 3.63) is 39.8 Å². The van der Waals surface area contributed by atoms with Gasteiger partial charge in [-0.3, -0.25) is 9.48 Å². The van der Waals surface area contributed by atoms with Crippen LogP contribution >= 0.6 is 27.5 Å². The third-order valence-corrected chi connectivity index (χ3v) is 2.88. The monoisotopic (exact) mass is 329 g/mol. The smallest absolute Gasteiger partial charge is 0.254 e. The van der Waals surface area contributed by atoms with Crippen molar-refractivity contribution in [3.8, 4) is 0 Å². The summed E-state index contributed by atoms with van der Waals surface area (Å²) in [5.41, 5.74) is 0.338. The van der Waals surface area contributed by atoms with Crippen molar-refractivity contribution in [1.29, 1.82) is 0 Å². The number of rotatable bonds is 4. The molecule has 1 amide bonds. The zero-order valence-corrected chi connectivity index (χ0v) is 11.5. The maximum atomic E-state index is 11.8. The molecule has 0 unspecified atom stereocenters. The Balaban J connectivity index is 1.93. The summed E-state index contributed by atoms with van der Waals surface area (Å²) in [5, 5.41) is 10.4. The van der Waals surface area contributed by atoms with Crippen molar-refractivity contribution >= 4 is 33.4 Å². The van der Waals surface area contributed by atoms with Crippen molar-refractivity contribution in [3.63, 3.8) is 0 Å². The van der Waals surface area contributed by atoms with Gasteiger partial charge in [-0.05, 0) is 22.0 Å². The molecule has 8 heteroatoms. The molecule has 94 valence electrons. The van der Waals surface area contributed by atoms with E-state index in [1.165, 1.54) is 6.20 Å². The minimum Gasteiger partial charge on any atom is -0.350 e. The van der Waals surface area contributed by atoms with Gasteiger partial charge in [-0.1, -0.05) is 16.8 Å². The van der Waals surface area contributed by atoms with E-state index in [1.807, 2.05) is 0 Å². The normalized spacial score (nSPS) is 10.3. The SMILES string of the molecule is O=C(NCCn1ccnn1)c1cc(Br)cnc1Cl. The van der Waals surface area contributed by atoms with E-state index in [2.05, 4.69) is 36.5 Å². The predicted octanol–water partition coefficient (Wildman–Crippen LogP) is 1.52. The summed E-state index contributed by atoms with van der Waals surface area (Å²) >= 11 is 9.09. The van der Waals surface area contributed by atoms with Crippen LogP contribution in [-0.2, 0) is 6.54 Å². The van der Waals surface area contributed by atoms with Crippen LogP contribution in [0.2, 0.25) is 5.15 Å². The number of carbonyl (C=O) groups is 1.